The zero-order valence-electron chi connectivity index (χ0n) is 7.40. The highest BCUT2D eigenvalue weighted by molar-refractivity contribution is 5.82. The Hall–Kier alpha value is -1.36. The van der Waals surface area contributed by atoms with Gasteiger partial charge in [0.2, 0.25) is 0 Å². The summed E-state index contributed by atoms with van der Waals surface area (Å²) in [6.07, 6.45) is 2.68. The summed E-state index contributed by atoms with van der Waals surface area (Å²) in [6.45, 7) is 1.99. The van der Waals surface area contributed by atoms with E-state index in [1.54, 1.807) is 6.92 Å². The molecule has 0 aromatic carbocycles. The van der Waals surface area contributed by atoms with Crippen LogP contribution in [0.4, 0.5) is 0 Å². The summed E-state index contributed by atoms with van der Waals surface area (Å²) in [4.78, 5) is 20.9. The van der Waals surface area contributed by atoms with E-state index in [1.165, 1.54) is 12.2 Å². The van der Waals surface area contributed by atoms with Crippen molar-refractivity contribution in [1.82, 2.24) is 0 Å². The first-order chi connectivity index (χ1) is 6.07. The second-order valence-electron chi connectivity index (χ2n) is 2.33. The molecule has 0 bridgehead atoms. The molecular formula is C8H13NO4. The Morgan fingerprint density at radius 2 is 2.23 bits per heavy atom. The summed E-state index contributed by atoms with van der Waals surface area (Å²) >= 11 is 0. The zero-order chi connectivity index (χ0) is 10.3. The normalized spacial score (nSPS) is 12.8. The van der Waals surface area contributed by atoms with E-state index in [0.29, 0.717) is 6.61 Å². The minimum absolute atomic E-state index is 0.119. The van der Waals surface area contributed by atoms with Crippen LogP contribution >= 0.6 is 0 Å². The zero-order valence-corrected chi connectivity index (χ0v) is 7.40. The van der Waals surface area contributed by atoms with Crippen LogP contribution in [0.5, 0.6) is 0 Å². The van der Waals surface area contributed by atoms with Crippen LogP contribution in [0, 0.1) is 0 Å². The molecule has 0 aromatic heterocycles. The molecule has 3 N–H and O–H groups in total. The van der Waals surface area contributed by atoms with Crippen LogP contribution in [-0.2, 0) is 14.3 Å². The molecule has 1 atom stereocenters. The van der Waals surface area contributed by atoms with Gasteiger partial charge in [-0.15, -0.1) is 0 Å². The lowest BCUT2D eigenvalue weighted by molar-refractivity contribution is -0.139. The molecule has 0 rings (SSSR count). The van der Waals surface area contributed by atoms with Gasteiger partial charge in [0.15, 0.2) is 0 Å². The van der Waals surface area contributed by atoms with E-state index >= 15 is 0 Å². The monoisotopic (exact) mass is 187 g/mol. The number of carboxylic acids is 1. The van der Waals surface area contributed by atoms with Gasteiger partial charge in [-0.1, -0.05) is 6.08 Å². The van der Waals surface area contributed by atoms with Crippen molar-refractivity contribution in [3.8, 4) is 0 Å². The average molecular weight is 187 g/mol. The number of esters is 1. The maximum Gasteiger partial charge on any atom is 0.330 e. The van der Waals surface area contributed by atoms with Crippen LogP contribution in [0.3, 0.4) is 0 Å². The third-order valence-corrected chi connectivity index (χ3v) is 1.25. The molecule has 13 heavy (non-hydrogen) atoms. The first-order valence-corrected chi connectivity index (χ1v) is 3.89. The van der Waals surface area contributed by atoms with Crippen molar-refractivity contribution in [1.29, 1.82) is 0 Å². The lowest BCUT2D eigenvalue weighted by Crippen LogP contribution is -2.29. The second kappa shape index (κ2) is 6.19. The van der Waals surface area contributed by atoms with Gasteiger partial charge in [-0.05, 0) is 13.3 Å². The van der Waals surface area contributed by atoms with Crippen molar-refractivity contribution < 1.29 is 19.4 Å². The SMILES string of the molecule is CCOC(=O)/C=C/C[C@H](N)C(=O)O. The molecule has 0 spiro atoms. The topological polar surface area (TPSA) is 89.6 Å². The molecule has 0 aromatic rings. The summed E-state index contributed by atoms with van der Waals surface area (Å²) in [5.74, 6) is -1.58. The van der Waals surface area contributed by atoms with Gasteiger partial charge in [-0.2, -0.15) is 0 Å². The Kier molecular flexibility index (Phi) is 5.54. The number of hydrogen-bond acceptors (Lipinski definition) is 4. The van der Waals surface area contributed by atoms with Crippen molar-refractivity contribution in [2.24, 2.45) is 5.73 Å². The fourth-order valence-corrected chi connectivity index (χ4v) is 0.602. The van der Waals surface area contributed by atoms with Crippen LogP contribution in [0.15, 0.2) is 12.2 Å². The highest BCUT2D eigenvalue weighted by Gasteiger charge is 2.08. The average Bonchev–Trinajstić information content (AvgIpc) is 2.04. The Morgan fingerprint density at radius 3 is 2.69 bits per heavy atom. The largest absolute Gasteiger partial charge is 0.480 e. The molecule has 0 aliphatic rings. The Morgan fingerprint density at radius 1 is 1.62 bits per heavy atom. The van der Waals surface area contributed by atoms with Crippen molar-refractivity contribution in [2.45, 2.75) is 19.4 Å². The molecule has 74 valence electrons. The van der Waals surface area contributed by atoms with E-state index in [9.17, 15) is 9.59 Å². The van der Waals surface area contributed by atoms with E-state index in [0.717, 1.165) is 0 Å². The molecule has 0 saturated heterocycles. The number of carbonyl (C=O) groups excluding carboxylic acids is 1. The first kappa shape index (κ1) is 11.6. The minimum Gasteiger partial charge on any atom is -0.480 e. The number of carboxylic acid groups (broad SMARTS) is 1. The maximum absolute atomic E-state index is 10.7. The maximum atomic E-state index is 10.7. The van der Waals surface area contributed by atoms with E-state index < -0.39 is 18.0 Å². The van der Waals surface area contributed by atoms with Crippen LogP contribution in [0.1, 0.15) is 13.3 Å². The van der Waals surface area contributed by atoms with Gasteiger partial charge in [0.1, 0.15) is 6.04 Å². The number of nitrogens with two attached hydrogens (primary N) is 1. The van der Waals surface area contributed by atoms with E-state index in [2.05, 4.69) is 4.74 Å². The van der Waals surface area contributed by atoms with Gasteiger partial charge in [-0.3, -0.25) is 4.79 Å². The highest BCUT2D eigenvalue weighted by Crippen LogP contribution is 1.91. The summed E-state index contributed by atoms with van der Waals surface area (Å²) in [5, 5.41) is 8.38. The Balaban J connectivity index is 3.74. The molecule has 0 heterocycles. The number of rotatable bonds is 5. The number of hydrogen-bond donors (Lipinski definition) is 2. The lowest BCUT2D eigenvalue weighted by Gasteiger charge is -2.00. The van der Waals surface area contributed by atoms with Gasteiger partial charge in [-0.25, -0.2) is 4.79 Å². The molecule has 5 nitrogen and oxygen atoms in total. The van der Waals surface area contributed by atoms with E-state index in [4.69, 9.17) is 10.8 Å². The van der Waals surface area contributed by atoms with Crippen LogP contribution in [0.2, 0.25) is 0 Å². The molecule has 0 aliphatic carbocycles. The van der Waals surface area contributed by atoms with Gasteiger partial charge < -0.3 is 15.6 Å². The molecule has 0 saturated carbocycles. The molecule has 0 unspecified atom stereocenters. The fraction of sp³-hybridized carbons (Fsp3) is 0.500. The quantitative estimate of drug-likeness (QED) is 0.463. The molecule has 0 amide bonds. The molecule has 0 fully saturated rings. The third-order valence-electron chi connectivity index (χ3n) is 1.25. The summed E-state index contributed by atoms with van der Waals surface area (Å²) < 4.78 is 4.57. The predicted molar refractivity (Wildman–Crippen MR) is 46.0 cm³/mol. The van der Waals surface area contributed by atoms with Crippen LogP contribution < -0.4 is 5.73 Å². The van der Waals surface area contributed by atoms with Gasteiger partial charge in [0.05, 0.1) is 6.61 Å². The van der Waals surface area contributed by atoms with Crippen molar-refractivity contribution in [3.63, 3.8) is 0 Å². The number of aliphatic carboxylic acids is 1. The van der Waals surface area contributed by atoms with Crippen LogP contribution in [-0.4, -0.2) is 29.7 Å². The smallest absolute Gasteiger partial charge is 0.330 e. The highest BCUT2D eigenvalue weighted by atomic mass is 16.5. The fourth-order valence-electron chi connectivity index (χ4n) is 0.602. The van der Waals surface area contributed by atoms with Crippen molar-refractivity contribution in [2.75, 3.05) is 6.61 Å². The number of ether oxygens (including phenoxy) is 1. The van der Waals surface area contributed by atoms with Gasteiger partial charge >= 0.3 is 11.9 Å². The predicted octanol–water partition coefficient (Wildman–Crippen LogP) is -0.0923. The van der Waals surface area contributed by atoms with Crippen molar-refractivity contribution in [3.05, 3.63) is 12.2 Å². The number of carbonyl (C=O) groups is 2. The molecule has 0 radical (unpaired) electrons. The Bertz CT molecular complexity index is 212. The minimum atomic E-state index is -1.09. The molecular weight excluding hydrogens is 174 g/mol. The second-order valence-corrected chi connectivity index (χ2v) is 2.33. The summed E-state index contributed by atoms with van der Waals surface area (Å²) in [5.41, 5.74) is 5.17. The Labute approximate surface area is 76.2 Å². The molecule has 0 aliphatic heterocycles. The first-order valence-electron chi connectivity index (χ1n) is 3.89. The summed E-state index contributed by atoms with van der Waals surface area (Å²) in [6, 6.07) is -0.967. The standard InChI is InChI=1S/C8H13NO4/c1-2-13-7(10)5-3-4-6(9)8(11)12/h3,5-6H,2,4,9H2,1H3,(H,11,12)/b5-3+/t6-/m0/s1. The van der Waals surface area contributed by atoms with E-state index in [1.807, 2.05) is 0 Å². The van der Waals surface area contributed by atoms with E-state index in [-0.39, 0.29) is 6.42 Å². The lowest BCUT2D eigenvalue weighted by atomic mass is 10.2. The van der Waals surface area contributed by atoms with Crippen molar-refractivity contribution >= 4 is 11.9 Å². The van der Waals surface area contributed by atoms with Crippen LogP contribution in [0.25, 0.3) is 0 Å². The third kappa shape index (κ3) is 5.86. The molecule has 5 heteroatoms. The van der Waals surface area contributed by atoms with Gasteiger partial charge in [0.25, 0.3) is 0 Å². The van der Waals surface area contributed by atoms with Gasteiger partial charge in [0, 0.05) is 6.08 Å². The summed E-state index contributed by atoms with van der Waals surface area (Å²) in [7, 11) is 0.